The Morgan fingerprint density at radius 3 is 2.59 bits per heavy atom. The summed E-state index contributed by atoms with van der Waals surface area (Å²) in [5, 5.41) is 4.34. The molecular weight excluding hydrogens is 411 g/mol. The van der Waals surface area contributed by atoms with Crippen LogP contribution in [-0.4, -0.2) is 43.0 Å². The van der Waals surface area contributed by atoms with Crippen molar-refractivity contribution < 1.29 is 14.0 Å². The molecule has 0 spiro atoms. The van der Waals surface area contributed by atoms with Crippen LogP contribution in [0, 0.1) is 26.6 Å². The van der Waals surface area contributed by atoms with Crippen molar-refractivity contribution in [2.24, 2.45) is 5.73 Å². The van der Waals surface area contributed by atoms with E-state index in [1.165, 1.54) is 29.1 Å². The molecule has 1 saturated heterocycles. The van der Waals surface area contributed by atoms with Gasteiger partial charge in [-0.15, -0.1) is 0 Å². The topological polar surface area (TPSA) is 107 Å². The molecule has 2 aromatic heterocycles. The van der Waals surface area contributed by atoms with Crippen LogP contribution in [0.1, 0.15) is 68.9 Å². The number of aryl methyl sites for hydroxylation is 3. The molecular formula is C23H25FN6O2. The monoisotopic (exact) mass is 436 g/mol. The van der Waals surface area contributed by atoms with E-state index in [1.54, 1.807) is 11.8 Å². The molecule has 32 heavy (non-hydrogen) atoms. The normalized spacial score (nSPS) is 16.2. The molecule has 166 valence electrons. The van der Waals surface area contributed by atoms with Crippen LogP contribution in [0.2, 0.25) is 0 Å². The second-order valence-electron chi connectivity index (χ2n) is 8.11. The molecule has 1 atom stereocenters. The summed E-state index contributed by atoms with van der Waals surface area (Å²) in [7, 11) is 0. The SMILES string of the molecule is Cc1cc(C)n(-c2cc(C(=O)N3CCCCC3c3ncc(C(N)=O)c(C)n3)ccc2F)n1. The summed E-state index contributed by atoms with van der Waals surface area (Å²) in [6.45, 7) is 5.90. The zero-order valence-electron chi connectivity index (χ0n) is 18.3. The van der Waals surface area contributed by atoms with Gasteiger partial charge in [0.1, 0.15) is 11.5 Å². The van der Waals surface area contributed by atoms with Gasteiger partial charge in [0.2, 0.25) is 0 Å². The number of benzene rings is 1. The molecule has 4 rings (SSSR count). The van der Waals surface area contributed by atoms with Crippen molar-refractivity contribution in [3.63, 3.8) is 0 Å². The van der Waals surface area contributed by atoms with Gasteiger partial charge in [0.25, 0.3) is 11.8 Å². The van der Waals surface area contributed by atoms with Crippen LogP contribution in [0.25, 0.3) is 5.69 Å². The van der Waals surface area contributed by atoms with Crippen LogP contribution in [-0.2, 0) is 0 Å². The first-order valence-electron chi connectivity index (χ1n) is 10.5. The maximum absolute atomic E-state index is 14.6. The van der Waals surface area contributed by atoms with Crippen LogP contribution < -0.4 is 5.73 Å². The maximum atomic E-state index is 14.6. The minimum atomic E-state index is -0.589. The molecule has 2 N–H and O–H groups in total. The van der Waals surface area contributed by atoms with Crippen molar-refractivity contribution in [3.8, 4) is 5.69 Å². The molecule has 9 heteroatoms. The lowest BCUT2D eigenvalue weighted by Gasteiger charge is -2.35. The van der Waals surface area contributed by atoms with Gasteiger partial charge >= 0.3 is 0 Å². The first-order valence-corrected chi connectivity index (χ1v) is 10.5. The lowest BCUT2D eigenvalue weighted by Crippen LogP contribution is -2.39. The number of rotatable bonds is 4. The Kier molecular flexibility index (Phi) is 5.73. The Bertz CT molecular complexity index is 1210. The Morgan fingerprint density at radius 1 is 1.16 bits per heavy atom. The first-order chi connectivity index (χ1) is 15.3. The molecule has 0 radical (unpaired) electrons. The largest absolute Gasteiger partial charge is 0.365 e. The molecule has 1 unspecified atom stereocenters. The third-order valence-corrected chi connectivity index (χ3v) is 5.76. The third kappa shape index (κ3) is 3.98. The van der Waals surface area contributed by atoms with Crippen molar-refractivity contribution in [2.45, 2.75) is 46.1 Å². The smallest absolute Gasteiger partial charge is 0.254 e. The highest BCUT2D eigenvalue weighted by Gasteiger charge is 2.31. The number of halogens is 1. The molecule has 2 amide bonds. The lowest BCUT2D eigenvalue weighted by molar-refractivity contribution is 0.0599. The minimum absolute atomic E-state index is 0.224. The highest BCUT2D eigenvalue weighted by molar-refractivity contribution is 5.95. The van der Waals surface area contributed by atoms with Gasteiger partial charge in [-0.05, 0) is 64.3 Å². The van der Waals surface area contributed by atoms with Gasteiger partial charge in [-0.25, -0.2) is 19.0 Å². The second kappa shape index (κ2) is 8.49. The number of hydrogen-bond donors (Lipinski definition) is 1. The van der Waals surface area contributed by atoms with Crippen LogP contribution in [0.5, 0.6) is 0 Å². The average molecular weight is 436 g/mol. The van der Waals surface area contributed by atoms with E-state index in [0.717, 1.165) is 24.2 Å². The number of aromatic nitrogens is 4. The van der Waals surface area contributed by atoms with Gasteiger partial charge in [-0.3, -0.25) is 9.59 Å². The van der Waals surface area contributed by atoms with E-state index in [4.69, 9.17) is 5.73 Å². The van der Waals surface area contributed by atoms with Crippen LogP contribution >= 0.6 is 0 Å². The quantitative estimate of drug-likeness (QED) is 0.676. The predicted octanol–water partition coefficient (Wildman–Crippen LogP) is 3.19. The van der Waals surface area contributed by atoms with E-state index in [-0.39, 0.29) is 23.2 Å². The van der Waals surface area contributed by atoms with Crippen molar-refractivity contribution in [1.29, 1.82) is 0 Å². The van der Waals surface area contributed by atoms with E-state index in [1.807, 2.05) is 19.9 Å². The molecule has 1 fully saturated rings. The summed E-state index contributed by atoms with van der Waals surface area (Å²) in [6, 6.07) is 5.83. The Morgan fingerprint density at radius 2 is 1.94 bits per heavy atom. The Labute approximate surface area is 185 Å². The summed E-state index contributed by atoms with van der Waals surface area (Å²) < 4.78 is 16.1. The van der Waals surface area contributed by atoms with E-state index in [0.29, 0.717) is 30.0 Å². The van der Waals surface area contributed by atoms with Gasteiger partial charge in [0.15, 0.2) is 5.82 Å². The van der Waals surface area contributed by atoms with Crippen LogP contribution in [0.15, 0.2) is 30.5 Å². The maximum Gasteiger partial charge on any atom is 0.254 e. The fourth-order valence-electron chi connectivity index (χ4n) is 4.18. The minimum Gasteiger partial charge on any atom is -0.365 e. The molecule has 0 aliphatic carbocycles. The molecule has 0 bridgehead atoms. The predicted molar refractivity (Wildman–Crippen MR) is 116 cm³/mol. The molecule has 1 aliphatic rings. The van der Waals surface area contributed by atoms with Gasteiger partial charge in [-0.1, -0.05) is 0 Å². The van der Waals surface area contributed by atoms with Gasteiger partial charge in [-0.2, -0.15) is 5.10 Å². The van der Waals surface area contributed by atoms with Gasteiger partial charge in [0, 0.05) is 24.0 Å². The second-order valence-corrected chi connectivity index (χ2v) is 8.11. The van der Waals surface area contributed by atoms with E-state index in [2.05, 4.69) is 15.1 Å². The number of carbonyl (C=O) groups is 2. The summed E-state index contributed by atoms with van der Waals surface area (Å²) in [4.78, 5) is 35.5. The summed E-state index contributed by atoms with van der Waals surface area (Å²) in [5.74, 6) is -0.795. The molecule has 1 aliphatic heterocycles. The summed E-state index contributed by atoms with van der Waals surface area (Å²) >= 11 is 0. The number of nitrogens with zero attached hydrogens (tertiary/aromatic N) is 5. The zero-order chi connectivity index (χ0) is 23.0. The van der Waals surface area contributed by atoms with Gasteiger partial charge in [0.05, 0.1) is 23.0 Å². The average Bonchev–Trinajstić information content (AvgIpc) is 3.11. The van der Waals surface area contributed by atoms with E-state index in [9.17, 15) is 14.0 Å². The molecule has 3 aromatic rings. The number of piperidine rings is 1. The molecule has 3 heterocycles. The Hall–Kier alpha value is -3.62. The Balaban J connectivity index is 1.68. The summed E-state index contributed by atoms with van der Waals surface area (Å²) in [5.41, 5.74) is 8.24. The molecule has 1 aromatic carbocycles. The molecule has 0 saturated carbocycles. The highest BCUT2D eigenvalue weighted by Crippen LogP contribution is 2.31. The number of primary amides is 1. The third-order valence-electron chi connectivity index (χ3n) is 5.76. The number of nitrogens with two attached hydrogens (primary N) is 1. The number of hydrogen-bond acceptors (Lipinski definition) is 5. The zero-order valence-corrected chi connectivity index (χ0v) is 18.3. The number of amides is 2. The van der Waals surface area contributed by atoms with Crippen molar-refractivity contribution >= 4 is 11.8 Å². The van der Waals surface area contributed by atoms with Crippen molar-refractivity contribution in [3.05, 3.63) is 70.3 Å². The molecule has 8 nitrogen and oxygen atoms in total. The number of carbonyl (C=O) groups excluding carboxylic acids is 2. The fraction of sp³-hybridized carbons (Fsp3) is 0.348. The van der Waals surface area contributed by atoms with E-state index >= 15 is 0 Å². The standard InChI is InChI=1S/C23H25FN6O2/c1-13-10-14(2)30(28-13)20-11-16(7-8-18(20)24)23(32)29-9-5-4-6-19(29)22-26-12-17(21(25)31)15(3)27-22/h7-8,10-12,19H,4-6,9H2,1-3H3,(H2,25,31). The summed E-state index contributed by atoms with van der Waals surface area (Å²) in [6.07, 6.45) is 3.89. The van der Waals surface area contributed by atoms with Crippen LogP contribution in [0.4, 0.5) is 4.39 Å². The van der Waals surface area contributed by atoms with Crippen molar-refractivity contribution in [1.82, 2.24) is 24.6 Å². The van der Waals surface area contributed by atoms with Crippen LogP contribution in [0.3, 0.4) is 0 Å². The first kappa shape index (κ1) is 21.6. The highest BCUT2D eigenvalue weighted by atomic mass is 19.1. The lowest BCUT2D eigenvalue weighted by atomic mass is 9.99. The van der Waals surface area contributed by atoms with Crippen molar-refractivity contribution in [2.75, 3.05) is 6.54 Å². The van der Waals surface area contributed by atoms with Gasteiger partial charge < -0.3 is 10.6 Å². The van der Waals surface area contributed by atoms with E-state index < -0.39 is 11.7 Å². The fourth-order valence-corrected chi connectivity index (χ4v) is 4.18. The number of likely N-dealkylation sites (tertiary alicyclic amines) is 1.